The fourth-order valence-electron chi connectivity index (χ4n) is 1.26. The number of H-pyrrole nitrogens is 1. The predicted octanol–water partition coefficient (Wildman–Crippen LogP) is 2.18. The van der Waals surface area contributed by atoms with Crippen LogP contribution >= 0.6 is 0 Å². The minimum Gasteiger partial charge on any atom is -0.508 e. The van der Waals surface area contributed by atoms with Crippen LogP contribution in [0.4, 0.5) is 0 Å². The number of nitrogens with one attached hydrogen (secondary N) is 1. The van der Waals surface area contributed by atoms with E-state index in [0.717, 1.165) is 17.0 Å². The van der Waals surface area contributed by atoms with Crippen molar-refractivity contribution >= 4 is 5.57 Å². The zero-order valence-corrected chi connectivity index (χ0v) is 7.57. The summed E-state index contributed by atoms with van der Waals surface area (Å²) in [5, 5.41) is 9.29. The van der Waals surface area contributed by atoms with Crippen LogP contribution in [0.25, 0.3) is 5.57 Å². The molecular formula is C11H10N2O. The summed E-state index contributed by atoms with van der Waals surface area (Å²) in [5.74, 6) is 0.950. The number of nitrogens with zero attached hydrogens (tertiary/aromatic N) is 1. The maximum absolute atomic E-state index is 9.29. The molecule has 2 aromatic rings. The molecule has 2 N–H and O–H groups in total. The quantitative estimate of drug-likeness (QED) is 0.755. The van der Waals surface area contributed by atoms with Crippen LogP contribution in [0.5, 0.6) is 5.75 Å². The lowest BCUT2D eigenvalue weighted by atomic mass is 10.1. The summed E-state index contributed by atoms with van der Waals surface area (Å²) >= 11 is 0. The van der Waals surface area contributed by atoms with Crippen LogP contribution in [0.1, 0.15) is 11.4 Å². The third-order valence-corrected chi connectivity index (χ3v) is 1.98. The Hall–Kier alpha value is -2.03. The molecule has 14 heavy (non-hydrogen) atoms. The van der Waals surface area contributed by atoms with Crippen molar-refractivity contribution in [2.45, 2.75) is 0 Å². The Balaban J connectivity index is 2.37. The molecule has 1 aromatic heterocycles. The standard InChI is InChI=1S/C11H10N2O/c1-8(11-12-5-6-13-11)9-3-2-4-10(14)7-9/h2-7,14H,1H2,(H,12,13). The van der Waals surface area contributed by atoms with Crippen molar-refractivity contribution in [3.05, 3.63) is 54.6 Å². The number of aromatic amines is 1. The molecule has 1 heterocycles. The number of benzene rings is 1. The molecule has 0 unspecified atom stereocenters. The summed E-state index contributed by atoms with van der Waals surface area (Å²) in [6.45, 7) is 3.90. The summed E-state index contributed by atoms with van der Waals surface area (Å²) in [7, 11) is 0. The van der Waals surface area contributed by atoms with Crippen LogP contribution in [-0.2, 0) is 0 Å². The topological polar surface area (TPSA) is 48.9 Å². The highest BCUT2D eigenvalue weighted by atomic mass is 16.3. The van der Waals surface area contributed by atoms with E-state index in [0.29, 0.717) is 0 Å². The minimum atomic E-state index is 0.232. The lowest BCUT2D eigenvalue weighted by Gasteiger charge is -2.02. The molecule has 1 aromatic carbocycles. The molecular weight excluding hydrogens is 176 g/mol. The van der Waals surface area contributed by atoms with Crippen molar-refractivity contribution in [2.24, 2.45) is 0 Å². The highest BCUT2D eigenvalue weighted by molar-refractivity contribution is 5.74. The molecule has 0 saturated heterocycles. The molecule has 3 nitrogen and oxygen atoms in total. The summed E-state index contributed by atoms with van der Waals surface area (Å²) in [6.07, 6.45) is 3.41. The Morgan fingerprint density at radius 3 is 2.93 bits per heavy atom. The van der Waals surface area contributed by atoms with Gasteiger partial charge in [-0.1, -0.05) is 18.7 Å². The van der Waals surface area contributed by atoms with Crippen molar-refractivity contribution in [1.29, 1.82) is 0 Å². The Morgan fingerprint density at radius 1 is 1.43 bits per heavy atom. The van der Waals surface area contributed by atoms with E-state index in [1.54, 1.807) is 30.6 Å². The molecule has 0 saturated carbocycles. The van der Waals surface area contributed by atoms with Crippen molar-refractivity contribution < 1.29 is 5.11 Å². The third kappa shape index (κ3) is 1.52. The van der Waals surface area contributed by atoms with E-state index in [2.05, 4.69) is 16.5 Å². The zero-order valence-electron chi connectivity index (χ0n) is 7.57. The van der Waals surface area contributed by atoms with Gasteiger partial charge in [0.2, 0.25) is 0 Å². The molecule has 0 atom stereocenters. The first-order valence-electron chi connectivity index (χ1n) is 4.25. The second kappa shape index (κ2) is 3.38. The number of aromatic nitrogens is 2. The minimum absolute atomic E-state index is 0.232. The van der Waals surface area contributed by atoms with Crippen LogP contribution in [-0.4, -0.2) is 15.1 Å². The van der Waals surface area contributed by atoms with Gasteiger partial charge in [-0.25, -0.2) is 4.98 Å². The van der Waals surface area contributed by atoms with E-state index in [9.17, 15) is 5.11 Å². The molecule has 0 fully saturated rings. The van der Waals surface area contributed by atoms with Crippen LogP contribution in [0.3, 0.4) is 0 Å². The summed E-state index contributed by atoms with van der Waals surface area (Å²) in [6, 6.07) is 6.94. The Bertz CT molecular complexity index is 446. The van der Waals surface area contributed by atoms with Gasteiger partial charge in [-0.05, 0) is 17.7 Å². The molecule has 0 aliphatic heterocycles. The van der Waals surface area contributed by atoms with E-state index < -0.39 is 0 Å². The molecule has 0 spiro atoms. The number of aromatic hydroxyl groups is 1. The second-order valence-corrected chi connectivity index (χ2v) is 2.97. The lowest BCUT2D eigenvalue weighted by molar-refractivity contribution is 0.475. The van der Waals surface area contributed by atoms with E-state index in [4.69, 9.17) is 0 Å². The average molecular weight is 186 g/mol. The molecule has 3 heteroatoms. The lowest BCUT2D eigenvalue weighted by Crippen LogP contribution is -1.87. The number of rotatable bonds is 2. The molecule has 2 rings (SSSR count). The van der Waals surface area contributed by atoms with Gasteiger partial charge in [-0.3, -0.25) is 0 Å². The van der Waals surface area contributed by atoms with Gasteiger partial charge in [0.25, 0.3) is 0 Å². The first-order valence-corrected chi connectivity index (χ1v) is 4.25. The van der Waals surface area contributed by atoms with Gasteiger partial charge in [0.1, 0.15) is 11.6 Å². The van der Waals surface area contributed by atoms with Crippen molar-refractivity contribution in [3.63, 3.8) is 0 Å². The number of hydrogen-bond donors (Lipinski definition) is 2. The number of hydrogen-bond acceptors (Lipinski definition) is 2. The highest BCUT2D eigenvalue weighted by Crippen LogP contribution is 2.21. The highest BCUT2D eigenvalue weighted by Gasteiger charge is 2.04. The SMILES string of the molecule is C=C(c1cccc(O)c1)c1ncc[nH]1. The van der Waals surface area contributed by atoms with E-state index in [-0.39, 0.29) is 5.75 Å². The maximum Gasteiger partial charge on any atom is 0.137 e. The van der Waals surface area contributed by atoms with Gasteiger partial charge in [-0.15, -0.1) is 0 Å². The van der Waals surface area contributed by atoms with Crippen molar-refractivity contribution in [1.82, 2.24) is 9.97 Å². The van der Waals surface area contributed by atoms with E-state index in [1.807, 2.05) is 6.07 Å². The third-order valence-electron chi connectivity index (χ3n) is 1.98. The largest absolute Gasteiger partial charge is 0.508 e. The molecule has 0 amide bonds. The fraction of sp³-hybridized carbons (Fsp3) is 0. The van der Waals surface area contributed by atoms with Crippen LogP contribution in [0, 0.1) is 0 Å². The van der Waals surface area contributed by atoms with Crippen molar-refractivity contribution in [2.75, 3.05) is 0 Å². The zero-order chi connectivity index (χ0) is 9.97. The van der Waals surface area contributed by atoms with Gasteiger partial charge >= 0.3 is 0 Å². The van der Waals surface area contributed by atoms with E-state index in [1.165, 1.54) is 0 Å². The second-order valence-electron chi connectivity index (χ2n) is 2.97. The smallest absolute Gasteiger partial charge is 0.137 e. The molecule has 0 bridgehead atoms. The summed E-state index contributed by atoms with van der Waals surface area (Å²) < 4.78 is 0. The summed E-state index contributed by atoms with van der Waals surface area (Å²) in [5.41, 5.74) is 1.63. The van der Waals surface area contributed by atoms with Gasteiger partial charge in [0.05, 0.1) is 0 Å². The number of phenolic OH excluding ortho intramolecular Hbond substituents is 1. The summed E-state index contributed by atoms with van der Waals surface area (Å²) in [4.78, 5) is 7.05. The predicted molar refractivity (Wildman–Crippen MR) is 54.8 cm³/mol. The van der Waals surface area contributed by atoms with Crippen LogP contribution in [0.2, 0.25) is 0 Å². The molecule has 70 valence electrons. The van der Waals surface area contributed by atoms with Crippen LogP contribution < -0.4 is 0 Å². The number of imidazole rings is 1. The van der Waals surface area contributed by atoms with Crippen LogP contribution in [0.15, 0.2) is 43.2 Å². The van der Waals surface area contributed by atoms with Gasteiger partial charge in [0, 0.05) is 18.0 Å². The first kappa shape index (κ1) is 8.56. The first-order chi connectivity index (χ1) is 6.77. The Labute approximate surface area is 81.8 Å². The van der Waals surface area contributed by atoms with Gasteiger partial charge in [0.15, 0.2) is 0 Å². The Kier molecular flexibility index (Phi) is 2.07. The molecule has 0 aliphatic carbocycles. The normalized spacial score (nSPS) is 10.0. The maximum atomic E-state index is 9.29. The monoisotopic (exact) mass is 186 g/mol. The van der Waals surface area contributed by atoms with Crippen molar-refractivity contribution in [3.8, 4) is 5.75 Å². The fourth-order valence-corrected chi connectivity index (χ4v) is 1.26. The average Bonchev–Trinajstić information content (AvgIpc) is 2.69. The number of phenols is 1. The van der Waals surface area contributed by atoms with E-state index >= 15 is 0 Å². The molecule has 0 aliphatic rings. The Morgan fingerprint density at radius 2 is 2.29 bits per heavy atom. The molecule has 0 radical (unpaired) electrons. The van der Waals surface area contributed by atoms with Gasteiger partial charge in [-0.2, -0.15) is 0 Å². The van der Waals surface area contributed by atoms with Gasteiger partial charge < -0.3 is 10.1 Å².